The normalized spacial score (nSPS) is 18.2. The third kappa shape index (κ3) is 4.79. The van der Waals surface area contributed by atoms with Crippen LogP contribution in [0.5, 0.6) is 0 Å². The molecule has 0 aliphatic carbocycles. The van der Waals surface area contributed by atoms with Gasteiger partial charge < -0.3 is 10.1 Å². The Morgan fingerprint density at radius 1 is 1.28 bits per heavy atom. The van der Waals surface area contributed by atoms with Crippen molar-refractivity contribution in [1.29, 1.82) is 0 Å². The summed E-state index contributed by atoms with van der Waals surface area (Å²) in [5, 5.41) is 2.70. The molecule has 1 heterocycles. The van der Waals surface area contributed by atoms with E-state index in [1.807, 2.05) is 20.8 Å². The minimum atomic E-state index is -3.66. The summed E-state index contributed by atoms with van der Waals surface area (Å²) in [5.41, 5.74) is -0.0436. The van der Waals surface area contributed by atoms with Gasteiger partial charge in [0, 0.05) is 11.1 Å². The van der Waals surface area contributed by atoms with Gasteiger partial charge in [0.1, 0.15) is 12.4 Å². The van der Waals surface area contributed by atoms with E-state index in [2.05, 4.69) is 15.0 Å². The molecule has 136 valence electrons. The number of amidine groups is 1. The lowest BCUT2D eigenvalue weighted by Gasteiger charge is -2.23. The highest BCUT2D eigenvalue weighted by molar-refractivity contribution is 7.90. The molecule has 1 aliphatic rings. The Hall–Kier alpha value is -2.42. The van der Waals surface area contributed by atoms with Crippen molar-refractivity contribution in [1.82, 2.24) is 10.0 Å². The molecular formula is C16H21N3O5S. The van der Waals surface area contributed by atoms with Crippen LogP contribution in [0.25, 0.3) is 0 Å². The molecule has 2 N–H and O–H groups in total. The topological polar surface area (TPSA) is 114 Å². The van der Waals surface area contributed by atoms with E-state index in [1.165, 1.54) is 13.0 Å². The number of hydrogen-bond acceptors (Lipinski definition) is 6. The summed E-state index contributed by atoms with van der Waals surface area (Å²) in [6, 6.07) is 6.33. The number of hydrogen-bond donors (Lipinski definition) is 2. The summed E-state index contributed by atoms with van der Waals surface area (Å²) in [5.74, 6) is -1.06. The van der Waals surface area contributed by atoms with Gasteiger partial charge in [-0.2, -0.15) is 0 Å². The quantitative estimate of drug-likeness (QED) is 0.755. The fourth-order valence-electron chi connectivity index (χ4n) is 2.15. The van der Waals surface area contributed by atoms with Crippen molar-refractivity contribution in [2.45, 2.75) is 44.2 Å². The van der Waals surface area contributed by atoms with E-state index in [0.29, 0.717) is 5.56 Å². The number of amides is 1. The predicted molar refractivity (Wildman–Crippen MR) is 91.6 cm³/mol. The SMILES string of the molecule is C[C@@H](OC(=O)CN=C1NS(=O)(=O)c2ccccc21)C(=O)NC(C)(C)C. The van der Waals surface area contributed by atoms with Crippen molar-refractivity contribution >= 4 is 27.7 Å². The lowest BCUT2D eigenvalue weighted by atomic mass is 10.1. The number of aliphatic imine (C=N–C) groups is 1. The van der Waals surface area contributed by atoms with Crippen LogP contribution in [0, 0.1) is 0 Å². The summed E-state index contributed by atoms with van der Waals surface area (Å²) in [6.07, 6.45) is -0.973. The molecule has 1 atom stereocenters. The van der Waals surface area contributed by atoms with E-state index >= 15 is 0 Å². The van der Waals surface area contributed by atoms with Crippen LogP contribution in [0.3, 0.4) is 0 Å². The number of benzene rings is 1. The molecule has 0 fully saturated rings. The van der Waals surface area contributed by atoms with E-state index in [4.69, 9.17) is 4.74 Å². The molecule has 1 amide bonds. The maximum atomic E-state index is 11.9. The molecule has 0 unspecified atom stereocenters. The number of nitrogens with zero attached hydrogens (tertiary/aromatic N) is 1. The highest BCUT2D eigenvalue weighted by atomic mass is 32.2. The highest BCUT2D eigenvalue weighted by Gasteiger charge is 2.30. The molecule has 8 nitrogen and oxygen atoms in total. The summed E-state index contributed by atoms with van der Waals surface area (Å²) in [7, 11) is -3.66. The zero-order chi connectivity index (χ0) is 18.8. The number of rotatable bonds is 4. The van der Waals surface area contributed by atoms with E-state index in [-0.39, 0.29) is 10.7 Å². The van der Waals surface area contributed by atoms with Crippen LogP contribution in [-0.4, -0.2) is 44.3 Å². The molecule has 0 saturated heterocycles. The van der Waals surface area contributed by atoms with Crippen molar-refractivity contribution in [2.24, 2.45) is 4.99 Å². The number of fused-ring (bicyclic) bond motifs is 1. The molecule has 1 aromatic rings. The second-order valence-corrected chi connectivity index (χ2v) is 8.29. The molecular weight excluding hydrogens is 346 g/mol. The van der Waals surface area contributed by atoms with Crippen LogP contribution >= 0.6 is 0 Å². The Balaban J connectivity index is 2.01. The summed E-state index contributed by atoms with van der Waals surface area (Å²) in [6.45, 7) is 6.50. The van der Waals surface area contributed by atoms with Gasteiger partial charge in [-0.3, -0.25) is 19.3 Å². The number of ether oxygens (including phenoxy) is 1. The third-order valence-electron chi connectivity index (χ3n) is 3.20. The summed E-state index contributed by atoms with van der Waals surface area (Å²) in [4.78, 5) is 27.8. The minimum Gasteiger partial charge on any atom is -0.451 e. The number of nitrogens with one attached hydrogen (secondary N) is 2. The van der Waals surface area contributed by atoms with Gasteiger partial charge in [0.2, 0.25) is 0 Å². The summed E-state index contributed by atoms with van der Waals surface area (Å²) < 4.78 is 31.2. The molecule has 25 heavy (non-hydrogen) atoms. The fraction of sp³-hybridized carbons (Fsp3) is 0.438. The number of sulfonamides is 1. The molecule has 0 saturated carbocycles. The second-order valence-electron chi connectivity index (χ2n) is 6.64. The van der Waals surface area contributed by atoms with Gasteiger partial charge in [0.05, 0.1) is 4.90 Å². The number of carbonyl (C=O) groups excluding carboxylic acids is 2. The molecule has 1 aromatic carbocycles. The van der Waals surface area contributed by atoms with E-state index in [0.717, 1.165) is 0 Å². The van der Waals surface area contributed by atoms with E-state index < -0.39 is 40.1 Å². The smallest absolute Gasteiger partial charge is 0.328 e. The minimum absolute atomic E-state index is 0.0827. The first-order chi connectivity index (χ1) is 11.5. The Kier molecular flexibility index (Phi) is 5.17. The maximum absolute atomic E-state index is 11.9. The zero-order valence-electron chi connectivity index (χ0n) is 14.5. The van der Waals surface area contributed by atoms with Gasteiger partial charge in [0.25, 0.3) is 15.9 Å². The predicted octanol–water partition coefficient (Wildman–Crippen LogP) is 0.571. The first-order valence-corrected chi connectivity index (χ1v) is 9.16. The monoisotopic (exact) mass is 367 g/mol. The largest absolute Gasteiger partial charge is 0.451 e. The average Bonchev–Trinajstić information content (AvgIpc) is 2.75. The average molecular weight is 367 g/mol. The fourth-order valence-corrected chi connectivity index (χ4v) is 3.41. The molecule has 9 heteroatoms. The Bertz CT molecular complexity index is 824. The van der Waals surface area contributed by atoms with Crippen LogP contribution in [0.1, 0.15) is 33.3 Å². The lowest BCUT2D eigenvalue weighted by Crippen LogP contribution is -2.46. The molecule has 0 spiro atoms. The van der Waals surface area contributed by atoms with Crippen LogP contribution in [0.4, 0.5) is 0 Å². The number of carbonyl (C=O) groups is 2. The summed E-state index contributed by atoms with van der Waals surface area (Å²) >= 11 is 0. The molecule has 0 bridgehead atoms. The number of esters is 1. The molecule has 0 radical (unpaired) electrons. The maximum Gasteiger partial charge on any atom is 0.328 e. The van der Waals surface area contributed by atoms with Gasteiger partial charge in [0.15, 0.2) is 6.10 Å². The van der Waals surface area contributed by atoms with Crippen molar-refractivity contribution < 1.29 is 22.7 Å². The van der Waals surface area contributed by atoms with Crippen molar-refractivity contribution in [3.8, 4) is 0 Å². The van der Waals surface area contributed by atoms with Gasteiger partial charge in [-0.15, -0.1) is 0 Å². The Morgan fingerprint density at radius 2 is 1.92 bits per heavy atom. The van der Waals surface area contributed by atoms with Gasteiger partial charge in [-0.05, 0) is 39.8 Å². The van der Waals surface area contributed by atoms with Gasteiger partial charge in [-0.25, -0.2) is 8.42 Å². The van der Waals surface area contributed by atoms with Crippen molar-refractivity contribution in [3.63, 3.8) is 0 Å². The van der Waals surface area contributed by atoms with Gasteiger partial charge >= 0.3 is 5.97 Å². The van der Waals surface area contributed by atoms with Crippen LogP contribution in [0.2, 0.25) is 0 Å². The Labute approximate surface area is 146 Å². The van der Waals surface area contributed by atoms with Crippen molar-refractivity contribution in [2.75, 3.05) is 6.54 Å². The first-order valence-electron chi connectivity index (χ1n) is 7.68. The second kappa shape index (κ2) is 6.83. The van der Waals surface area contributed by atoms with Crippen molar-refractivity contribution in [3.05, 3.63) is 29.8 Å². The molecule has 0 aromatic heterocycles. The lowest BCUT2D eigenvalue weighted by molar-refractivity contribution is -0.153. The molecule has 2 rings (SSSR count). The third-order valence-corrected chi connectivity index (χ3v) is 4.60. The zero-order valence-corrected chi connectivity index (χ0v) is 15.3. The van der Waals surface area contributed by atoms with Crippen LogP contribution in [0.15, 0.2) is 34.2 Å². The van der Waals surface area contributed by atoms with E-state index in [9.17, 15) is 18.0 Å². The highest BCUT2D eigenvalue weighted by Crippen LogP contribution is 2.22. The van der Waals surface area contributed by atoms with E-state index in [1.54, 1.807) is 18.2 Å². The standard InChI is InChI=1S/C16H21N3O5S/c1-10(15(21)18-16(2,3)4)24-13(20)9-17-14-11-7-5-6-8-12(11)25(22,23)19-14/h5-8,10H,9H2,1-4H3,(H,17,19)(H,18,21)/t10-/m1/s1. The van der Waals surface area contributed by atoms with Crippen LogP contribution in [-0.2, 0) is 24.3 Å². The molecule has 1 aliphatic heterocycles. The first kappa shape index (κ1) is 18.9. The van der Waals surface area contributed by atoms with Gasteiger partial charge in [-0.1, -0.05) is 12.1 Å². The van der Waals surface area contributed by atoms with Crippen LogP contribution < -0.4 is 10.0 Å². The Morgan fingerprint density at radius 3 is 2.56 bits per heavy atom.